The van der Waals surface area contributed by atoms with Crippen LogP contribution in [-0.2, 0) is 0 Å². The number of benzene rings is 1. The molecule has 0 bridgehead atoms. The van der Waals surface area contributed by atoms with Gasteiger partial charge in [-0.3, -0.25) is 9.78 Å². The molecule has 2 aromatic heterocycles. The lowest BCUT2D eigenvalue weighted by molar-refractivity contribution is 0.0704. The third-order valence-corrected chi connectivity index (χ3v) is 5.20. The second-order valence-electron chi connectivity index (χ2n) is 7.50. The lowest BCUT2D eigenvalue weighted by Gasteiger charge is -2.30. The van der Waals surface area contributed by atoms with Crippen LogP contribution in [-0.4, -0.2) is 39.0 Å². The van der Waals surface area contributed by atoms with Gasteiger partial charge in [0.25, 0.3) is 5.91 Å². The zero-order chi connectivity index (χ0) is 19.5. The minimum Gasteiger partial charge on any atom is -0.339 e. The molecule has 1 amide bonds. The molecule has 0 N–H and O–H groups in total. The van der Waals surface area contributed by atoms with Crippen LogP contribution in [0.1, 0.15) is 60.6 Å². The number of piperidine rings is 1. The van der Waals surface area contributed by atoms with Gasteiger partial charge in [0.2, 0.25) is 5.89 Å². The summed E-state index contributed by atoms with van der Waals surface area (Å²) in [6.07, 6.45) is 3.46. The summed E-state index contributed by atoms with van der Waals surface area (Å²) in [5.74, 6) is 2.01. The molecule has 0 saturated carbocycles. The Kier molecular flexibility index (Phi) is 5.19. The topological polar surface area (TPSA) is 72.1 Å². The van der Waals surface area contributed by atoms with Crippen molar-refractivity contribution in [2.75, 3.05) is 13.1 Å². The van der Waals surface area contributed by atoms with E-state index in [1.54, 1.807) is 6.20 Å². The van der Waals surface area contributed by atoms with E-state index in [0.717, 1.165) is 29.9 Å². The number of pyridine rings is 1. The van der Waals surface area contributed by atoms with Crippen LogP contribution in [0.4, 0.5) is 0 Å². The molecule has 4 rings (SSSR count). The van der Waals surface area contributed by atoms with E-state index in [2.05, 4.69) is 29.0 Å². The molecule has 144 valence electrons. The van der Waals surface area contributed by atoms with E-state index >= 15 is 0 Å². The Bertz CT molecular complexity index is 927. The fourth-order valence-corrected chi connectivity index (χ4v) is 3.48. The molecule has 1 aliphatic heterocycles. The van der Waals surface area contributed by atoms with Crippen LogP contribution >= 0.6 is 0 Å². The lowest BCUT2D eigenvalue weighted by atomic mass is 9.96. The van der Waals surface area contributed by atoms with Gasteiger partial charge >= 0.3 is 0 Å². The van der Waals surface area contributed by atoms with Crippen molar-refractivity contribution in [3.63, 3.8) is 0 Å². The smallest absolute Gasteiger partial charge is 0.253 e. The number of hydrogen-bond acceptors (Lipinski definition) is 5. The van der Waals surface area contributed by atoms with Gasteiger partial charge in [-0.15, -0.1) is 0 Å². The molecule has 3 heterocycles. The van der Waals surface area contributed by atoms with E-state index < -0.39 is 0 Å². The molecule has 0 spiro atoms. The molecular weight excluding hydrogens is 352 g/mol. The lowest BCUT2D eigenvalue weighted by Crippen LogP contribution is -2.38. The summed E-state index contributed by atoms with van der Waals surface area (Å²) in [6, 6.07) is 13.5. The first kappa shape index (κ1) is 18.3. The zero-order valence-corrected chi connectivity index (χ0v) is 16.2. The Hall–Kier alpha value is -3.02. The predicted molar refractivity (Wildman–Crippen MR) is 106 cm³/mol. The number of rotatable bonds is 4. The monoisotopic (exact) mass is 376 g/mol. The predicted octanol–water partition coefficient (Wildman–Crippen LogP) is 4.27. The molecule has 1 aliphatic rings. The van der Waals surface area contributed by atoms with Crippen molar-refractivity contribution >= 4 is 5.91 Å². The van der Waals surface area contributed by atoms with Gasteiger partial charge in [-0.2, -0.15) is 4.98 Å². The van der Waals surface area contributed by atoms with Gasteiger partial charge in [0, 0.05) is 42.2 Å². The van der Waals surface area contributed by atoms with Gasteiger partial charge in [-0.1, -0.05) is 37.2 Å². The molecule has 1 fully saturated rings. The van der Waals surface area contributed by atoms with Gasteiger partial charge in [0.1, 0.15) is 0 Å². The number of likely N-dealkylation sites (tertiary alicyclic amines) is 1. The Morgan fingerprint density at radius 2 is 1.86 bits per heavy atom. The fraction of sp³-hybridized carbons (Fsp3) is 0.364. The highest BCUT2D eigenvalue weighted by atomic mass is 16.5. The molecule has 1 saturated heterocycles. The Morgan fingerprint density at radius 3 is 2.46 bits per heavy atom. The molecule has 0 unspecified atom stereocenters. The normalized spacial score (nSPS) is 15.2. The largest absolute Gasteiger partial charge is 0.339 e. The van der Waals surface area contributed by atoms with E-state index in [0.29, 0.717) is 24.5 Å². The quantitative estimate of drug-likeness (QED) is 0.680. The van der Waals surface area contributed by atoms with Crippen LogP contribution in [0.3, 0.4) is 0 Å². The van der Waals surface area contributed by atoms with E-state index in [1.807, 2.05) is 47.4 Å². The van der Waals surface area contributed by atoms with Crippen molar-refractivity contribution in [2.24, 2.45) is 0 Å². The number of carbonyl (C=O) groups excluding carboxylic acids is 1. The molecule has 0 radical (unpaired) electrons. The molecule has 28 heavy (non-hydrogen) atoms. The Morgan fingerprint density at radius 1 is 1.11 bits per heavy atom. The second-order valence-corrected chi connectivity index (χ2v) is 7.50. The number of amides is 1. The first-order chi connectivity index (χ1) is 13.6. The van der Waals surface area contributed by atoms with Crippen molar-refractivity contribution in [1.82, 2.24) is 20.0 Å². The highest BCUT2D eigenvalue weighted by Crippen LogP contribution is 2.28. The molecule has 1 aromatic carbocycles. The van der Waals surface area contributed by atoms with Crippen molar-refractivity contribution in [3.8, 4) is 11.3 Å². The van der Waals surface area contributed by atoms with Gasteiger partial charge < -0.3 is 9.42 Å². The van der Waals surface area contributed by atoms with Gasteiger partial charge in [-0.25, -0.2) is 0 Å². The SMILES string of the molecule is CC(C)c1noc(C2CCN(C(=O)c3ccc(-c4ccccn4)cc3)CC2)n1. The van der Waals surface area contributed by atoms with E-state index in [-0.39, 0.29) is 17.7 Å². The molecule has 0 aliphatic carbocycles. The summed E-state index contributed by atoms with van der Waals surface area (Å²) in [5, 5.41) is 4.05. The number of hydrogen-bond donors (Lipinski definition) is 0. The van der Waals surface area contributed by atoms with Crippen LogP contribution in [0, 0.1) is 0 Å². The van der Waals surface area contributed by atoms with Crippen molar-refractivity contribution in [2.45, 2.75) is 38.5 Å². The van der Waals surface area contributed by atoms with Crippen LogP contribution in [0.5, 0.6) is 0 Å². The van der Waals surface area contributed by atoms with E-state index in [9.17, 15) is 4.79 Å². The minimum atomic E-state index is 0.0689. The summed E-state index contributed by atoms with van der Waals surface area (Å²) in [7, 11) is 0. The van der Waals surface area contributed by atoms with Gasteiger partial charge in [0.15, 0.2) is 5.82 Å². The van der Waals surface area contributed by atoms with Crippen LogP contribution < -0.4 is 0 Å². The maximum absolute atomic E-state index is 12.8. The average molecular weight is 376 g/mol. The van der Waals surface area contributed by atoms with Crippen LogP contribution in [0.2, 0.25) is 0 Å². The van der Waals surface area contributed by atoms with Crippen LogP contribution in [0.25, 0.3) is 11.3 Å². The standard InChI is InChI=1S/C22H24N4O2/c1-15(2)20-24-21(28-25-20)17-10-13-26(14-11-17)22(27)18-8-6-16(7-9-18)19-5-3-4-12-23-19/h3-9,12,15,17H,10-11,13-14H2,1-2H3. The summed E-state index contributed by atoms with van der Waals surface area (Å²) < 4.78 is 5.43. The van der Waals surface area contributed by atoms with Gasteiger partial charge in [-0.05, 0) is 37.1 Å². The highest BCUT2D eigenvalue weighted by Gasteiger charge is 2.28. The number of nitrogens with zero attached hydrogens (tertiary/aromatic N) is 4. The summed E-state index contributed by atoms with van der Waals surface area (Å²) >= 11 is 0. The highest BCUT2D eigenvalue weighted by molar-refractivity contribution is 5.94. The minimum absolute atomic E-state index is 0.0689. The molecule has 6 nitrogen and oxygen atoms in total. The summed E-state index contributed by atoms with van der Waals surface area (Å²) in [4.78, 5) is 23.6. The first-order valence-electron chi connectivity index (χ1n) is 9.76. The van der Waals surface area contributed by atoms with Crippen molar-refractivity contribution < 1.29 is 9.32 Å². The van der Waals surface area contributed by atoms with Gasteiger partial charge in [0.05, 0.1) is 5.69 Å². The maximum atomic E-state index is 12.8. The van der Waals surface area contributed by atoms with E-state index in [1.165, 1.54) is 0 Å². The molecule has 0 atom stereocenters. The van der Waals surface area contributed by atoms with E-state index in [4.69, 9.17) is 4.52 Å². The Balaban J connectivity index is 1.38. The Labute approximate surface area is 164 Å². The number of aromatic nitrogens is 3. The molecular formula is C22H24N4O2. The fourth-order valence-electron chi connectivity index (χ4n) is 3.48. The third-order valence-electron chi connectivity index (χ3n) is 5.20. The average Bonchev–Trinajstić information content (AvgIpc) is 3.25. The summed E-state index contributed by atoms with van der Waals surface area (Å²) in [6.45, 7) is 5.50. The third kappa shape index (κ3) is 3.81. The second kappa shape index (κ2) is 7.92. The van der Waals surface area contributed by atoms with Crippen LogP contribution in [0.15, 0.2) is 53.2 Å². The van der Waals surface area contributed by atoms with Crippen molar-refractivity contribution in [1.29, 1.82) is 0 Å². The first-order valence-corrected chi connectivity index (χ1v) is 9.76. The number of carbonyl (C=O) groups is 1. The molecule has 3 aromatic rings. The zero-order valence-electron chi connectivity index (χ0n) is 16.2. The maximum Gasteiger partial charge on any atom is 0.253 e. The van der Waals surface area contributed by atoms with Crippen molar-refractivity contribution in [3.05, 3.63) is 65.9 Å². The summed E-state index contributed by atoms with van der Waals surface area (Å²) in [5.41, 5.74) is 2.62. The molecule has 6 heteroatoms.